The quantitative estimate of drug-likeness (QED) is 0.295. The number of aliphatic hydroxyl groups excluding tert-OH is 2. The average molecular weight is 539 g/mol. The van der Waals surface area contributed by atoms with Crippen molar-refractivity contribution in [2.24, 2.45) is 17.6 Å². The molecule has 0 saturated carbocycles. The Bertz CT molecular complexity index is 1400. The predicted octanol–water partition coefficient (Wildman–Crippen LogP) is 3.35. The van der Waals surface area contributed by atoms with Gasteiger partial charge in [0.2, 0.25) is 0 Å². The summed E-state index contributed by atoms with van der Waals surface area (Å²) in [7, 11) is 3.35. The zero-order valence-corrected chi connectivity index (χ0v) is 21.8. The second kappa shape index (κ2) is 8.97. The molecule has 5 N–H and O–H groups in total. The Morgan fingerprint density at radius 1 is 1.08 bits per heavy atom. The van der Waals surface area contributed by atoms with Crippen LogP contribution in [-0.4, -0.2) is 62.6 Å². The molecule has 2 aromatic rings. The van der Waals surface area contributed by atoms with Crippen molar-refractivity contribution >= 4 is 41.9 Å². The van der Waals surface area contributed by atoms with E-state index in [0.717, 1.165) is 4.90 Å². The van der Waals surface area contributed by atoms with Crippen molar-refractivity contribution in [2.45, 2.75) is 27.4 Å². The number of aromatic hydroxyl groups is 1. The van der Waals surface area contributed by atoms with E-state index in [-0.39, 0.29) is 23.3 Å². The molecule has 1 unspecified atom stereocenters. The first-order valence-corrected chi connectivity index (χ1v) is 13.0. The van der Waals surface area contributed by atoms with Crippen molar-refractivity contribution in [2.75, 3.05) is 14.1 Å². The molecule has 0 aliphatic heterocycles. The SMILES string of the molecule is CN(C)[C@@H]1C(O)=C(C(N)=O)C(=O)C2(S)C(O)=C3C(=O)c4c(O)cccc4[C@H](Sc4ccccc4)[C@H]3C[C@@H]12. The summed E-state index contributed by atoms with van der Waals surface area (Å²) in [6.07, 6.45) is 0.193. The summed E-state index contributed by atoms with van der Waals surface area (Å²) in [5.74, 6) is -5.32. The van der Waals surface area contributed by atoms with Crippen LogP contribution in [0.25, 0.3) is 0 Å². The third-order valence-electron chi connectivity index (χ3n) is 7.55. The monoisotopic (exact) mass is 538 g/mol. The molecule has 3 aliphatic rings. The number of amides is 1. The highest BCUT2D eigenvalue weighted by Gasteiger charge is 2.63. The second-order valence-electron chi connectivity index (χ2n) is 9.76. The van der Waals surface area contributed by atoms with Crippen molar-refractivity contribution in [1.29, 1.82) is 0 Å². The molecule has 0 saturated heterocycles. The number of carbonyl (C=O) groups excluding carboxylic acids is 3. The van der Waals surface area contributed by atoms with E-state index in [4.69, 9.17) is 5.73 Å². The van der Waals surface area contributed by atoms with Gasteiger partial charge in [-0.15, -0.1) is 11.8 Å². The number of allylic oxidation sites excluding steroid dienone is 1. The summed E-state index contributed by atoms with van der Waals surface area (Å²) in [6.45, 7) is 0. The molecule has 5 rings (SSSR count). The van der Waals surface area contributed by atoms with E-state index in [1.165, 1.54) is 17.8 Å². The van der Waals surface area contributed by atoms with Gasteiger partial charge in [-0.05, 0) is 44.3 Å². The number of fused-ring (bicyclic) bond motifs is 3. The molecule has 1 amide bonds. The van der Waals surface area contributed by atoms with Gasteiger partial charge in [-0.3, -0.25) is 19.3 Å². The molecular weight excluding hydrogens is 512 g/mol. The number of nitrogens with two attached hydrogens (primary N) is 1. The lowest BCUT2D eigenvalue weighted by Crippen LogP contribution is -2.61. The number of phenolic OH excluding ortho intramolecular Hbond substituents is 1. The fourth-order valence-electron chi connectivity index (χ4n) is 5.98. The van der Waals surface area contributed by atoms with Crippen molar-refractivity contribution in [3.8, 4) is 5.75 Å². The van der Waals surface area contributed by atoms with Crippen molar-refractivity contribution in [3.05, 3.63) is 82.3 Å². The Morgan fingerprint density at radius 3 is 2.38 bits per heavy atom. The maximum Gasteiger partial charge on any atom is 0.255 e. The van der Waals surface area contributed by atoms with Crippen LogP contribution >= 0.6 is 24.4 Å². The van der Waals surface area contributed by atoms with Gasteiger partial charge in [-0.1, -0.05) is 30.3 Å². The van der Waals surface area contributed by atoms with Crippen molar-refractivity contribution in [3.63, 3.8) is 0 Å². The Hall–Kier alpha value is -3.21. The van der Waals surface area contributed by atoms with Crippen molar-refractivity contribution in [1.82, 2.24) is 4.90 Å². The van der Waals surface area contributed by atoms with Gasteiger partial charge in [0.05, 0.1) is 11.6 Å². The summed E-state index contributed by atoms with van der Waals surface area (Å²) in [4.78, 5) is 42.2. The van der Waals surface area contributed by atoms with Gasteiger partial charge in [0.1, 0.15) is 27.6 Å². The minimum Gasteiger partial charge on any atom is -0.510 e. The Morgan fingerprint density at radius 2 is 1.76 bits per heavy atom. The van der Waals surface area contributed by atoms with Gasteiger partial charge in [0, 0.05) is 27.6 Å². The van der Waals surface area contributed by atoms with E-state index in [2.05, 4.69) is 12.6 Å². The molecule has 2 aromatic carbocycles. The number of likely N-dealkylation sites (N-methyl/N-ethyl adjacent to an activating group) is 1. The van der Waals surface area contributed by atoms with Crippen LogP contribution in [0.1, 0.15) is 27.6 Å². The second-order valence-corrected chi connectivity index (χ2v) is 11.7. The summed E-state index contributed by atoms with van der Waals surface area (Å²) in [5.41, 5.74) is 5.47. The van der Waals surface area contributed by atoms with E-state index in [9.17, 15) is 29.7 Å². The number of rotatable bonds is 4. The lowest BCUT2D eigenvalue weighted by molar-refractivity contribution is -0.125. The Kier molecular flexibility index (Phi) is 6.17. The number of carbonyl (C=O) groups is 3. The Labute approximate surface area is 223 Å². The normalized spacial score (nSPS) is 29.2. The van der Waals surface area contributed by atoms with Gasteiger partial charge >= 0.3 is 0 Å². The standard InChI is InChI=1S/C27H26N2O6S2/c1-29(2)20-15-11-14-18(24(33)27(15,36)25(34)19(22(20)32)26(28)35)21(31)17-13(9-6-10-16(17)30)23(14)37-12-7-4-3-5-8-12/h3-10,14-15,20,23,30,32-33,36H,11H2,1-2H3,(H2,28,35)/t14-,15-,20-,23-,27?/m0/s1. The first-order valence-electron chi connectivity index (χ1n) is 11.7. The van der Waals surface area contributed by atoms with Crippen LogP contribution in [-0.2, 0) is 9.59 Å². The highest BCUT2D eigenvalue weighted by atomic mass is 32.2. The van der Waals surface area contributed by atoms with Crippen LogP contribution in [0.15, 0.2) is 76.1 Å². The maximum atomic E-state index is 13.8. The lowest BCUT2D eigenvalue weighted by Gasteiger charge is -2.51. The summed E-state index contributed by atoms with van der Waals surface area (Å²) in [6, 6.07) is 13.5. The number of hydrogen-bond acceptors (Lipinski definition) is 9. The maximum absolute atomic E-state index is 13.8. The molecule has 0 heterocycles. The van der Waals surface area contributed by atoms with Crippen molar-refractivity contribution < 1.29 is 29.7 Å². The molecule has 8 nitrogen and oxygen atoms in total. The van der Waals surface area contributed by atoms with E-state index in [0.29, 0.717) is 5.56 Å². The predicted molar refractivity (Wildman–Crippen MR) is 142 cm³/mol. The summed E-state index contributed by atoms with van der Waals surface area (Å²) < 4.78 is -1.98. The van der Waals surface area contributed by atoms with Gasteiger partial charge < -0.3 is 21.1 Å². The van der Waals surface area contributed by atoms with Crippen LogP contribution in [0.4, 0.5) is 0 Å². The number of benzene rings is 2. The van der Waals surface area contributed by atoms with Crippen LogP contribution in [0.3, 0.4) is 0 Å². The topological polar surface area (TPSA) is 141 Å². The number of hydrogen-bond donors (Lipinski definition) is 5. The van der Waals surface area contributed by atoms with E-state index >= 15 is 0 Å². The first kappa shape index (κ1) is 25.4. The summed E-state index contributed by atoms with van der Waals surface area (Å²) >= 11 is 6.12. The zero-order chi connectivity index (χ0) is 26.8. The lowest BCUT2D eigenvalue weighted by atomic mass is 9.60. The Balaban J connectivity index is 1.77. The van der Waals surface area contributed by atoms with Crippen LogP contribution in [0.5, 0.6) is 5.75 Å². The molecule has 0 spiro atoms. The molecule has 3 aliphatic carbocycles. The minimum absolute atomic E-state index is 0.0234. The molecule has 37 heavy (non-hydrogen) atoms. The summed E-state index contributed by atoms with van der Waals surface area (Å²) in [5, 5.41) is 33.0. The fourth-order valence-corrected chi connectivity index (χ4v) is 7.80. The van der Waals surface area contributed by atoms with Crippen LogP contribution < -0.4 is 5.73 Å². The van der Waals surface area contributed by atoms with Gasteiger partial charge in [-0.25, -0.2) is 0 Å². The molecule has 5 atom stereocenters. The highest BCUT2D eigenvalue weighted by Crippen LogP contribution is 2.60. The minimum atomic E-state index is -1.98. The largest absolute Gasteiger partial charge is 0.510 e. The zero-order valence-electron chi connectivity index (χ0n) is 20.1. The van der Waals surface area contributed by atoms with E-state index in [1.807, 2.05) is 30.3 Å². The number of primary amides is 1. The number of aliphatic hydroxyl groups is 2. The highest BCUT2D eigenvalue weighted by molar-refractivity contribution is 7.99. The van der Waals surface area contributed by atoms with Gasteiger partial charge in [0.25, 0.3) is 5.91 Å². The smallest absolute Gasteiger partial charge is 0.255 e. The molecule has 0 aromatic heterocycles. The third-order valence-corrected chi connectivity index (χ3v) is 9.68. The average Bonchev–Trinajstić information content (AvgIpc) is 2.84. The van der Waals surface area contributed by atoms with Crippen LogP contribution in [0.2, 0.25) is 0 Å². The number of ketones is 2. The molecule has 0 radical (unpaired) electrons. The number of Topliss-reactive ketones (excluding diaryl/α,β-unsaturated/α-hetero) is 2. The number of phenols is 1. The molecule has 192 valence electrons. The van der Waals surface area contributed by atoms with Gasteiger partial charge in [-0.2, -0.15) is 12.6 Å². The third kappa shape index (κ3) is 3.61. The molecule has 0 fully saturated rings. The van der Waals surface area contributed by atoms with E-state index < -0.39 is 62.4 Å². The number of nitrogens with zero attached hydrogens (tertiary/aromatic N) is 1. The van der Waals surface area contributed by atoms with Gasteiger partial charge in [0.15, 0.2) is 11.6 Å². The first-order chi connectivity index (χ1) is 17.5. The fraction of sp³-hybridized carbons (Fsp3) is 0.296. The molecule has 10 heteroatoms. The number of thioether (sulfide) groups is 1. The number of thiol groups is 1. The van der Waals surface area contributed by atoms with Crippen LogP contribution in [0, 0.1) is 11.8 Å². The molecular formula is C27H26N2O6S2. The van der Waals surface area contributed by atoms with E-state index in [1.54, 1.807) is 31.1 Å². The molecule has 0 bridgehead atoms.